The van der Waals surface area contributed by atoms with Crippen molar-refractivity contribution in [1.82, 2.24) is 19.7 Å². The molecule has 0 spiro atoms. The minimum absolute atomic E-state index is 0.0521. The van der Waals surface area contributed by atoms with Crippen LogP contribution in [0.1, 0.15) is 0 Å². The lowest BCUT2D eigenvalue weighted by molar-refractivity contribution is -0.389. The van der Waals surface area contributed by atoms with Crippen LogP contribution in [0.15, 0.2) is 51.8 Å². The van der Waals surface area contributed by atoms with E-state index in [1.165, 1.54) is 12.3 Å². The second-order valence-corrected chi connectivity index (χ2v) is 6.18. The van der Waals surface area contributed by atoms with E-state index in [0.717, 1.165) is 10.7 Å². The van der Waals surface area contributed by atoms with Crippen molar-refractivity contribution in [2.45, 2.75) is 0 Å². The van der Waals surface area contributed by atoms with Gasteiger partial charge in [-0.25, -0.2) is 14.8 Å². The predicted octanol–water partition coefficient (Wildman–Crippen LogP) is 3.65. The van der Waals surface area contributed by atoms with Crippen LogP contribution in [0.4, 0.5) is 5.82 Å². The third-order valence-electron chi connectivity index (χ3n) is 3.63. The Morgan fingerprint density at radius 3 is 2.74 bits per heavy atom. The van der Waals surface area contributed by atoms with E-state index < -0.39 is 16.4 Å². The van der Waals surface area contributed by atoms with Gasteiger partial charge in [-0.05, 0) is 35.3 Å². The second-order valence-electron chi connectivity index (χ2n) is 5.33. The normalized spacial score (nSPS) is 11.0. The molecule has 0 bridgehead atoms. The van der Waals surface area contributed by atoms with Crippen molar-refractivity contribution in [1.29, 1.82) is 0 Å². The Bertz CT molecular complexity index is 1270. The van der Waals surface area contributed by atoms with Crippen molar-refractivity contribution in [3.05, 3.63) is 73.2 Å². The highest BCUT2D eigenvalue weighted by molar-refractivity contribution is 6.32. The van der Waals surface area contributed by atoms with Crippen molar-refractivity contribution >= 4 is 39.9 Å². The summed E-state index contributed by atoms with van der Waals surface area (Å²) in [6, 6.07) is 8.80. The molecule has 134 valence electrons. The first-order chi connectivity index (χ1) is 12.9. The lowest BCUT2D eigenvalue weighted by atomic mass is 10.2. The molecule has 0 amide bonds. The van der Waals surface area contributed by atoms with Crippen LogP contribution in [-0.2, 0) is 0 Å². The zero-order valence-electron chi connectivity index (χ0n) is 13.2. The monoisotopic (exact) mass is 403 g/mol. The molecule has 0 aliphatic carbocycles. The molecule has 0 atom stereocenters. The molecular formula is C16H7Cl2N5O4. The summed E-state index contributed by atoms with van der Waals surface area (Å²) >= 11 is 12.0. The minimum Gasteiger partial charge on any atom is -0.401 e. The van der Waals surface area contributed by atoms with Gasteiger partial charge in [0.2, 0.25) is 0 Å². The van der Waals surface area contributed by atoms with Gasteiger partial charge in [-0.2, -0.15) is 0 Å². The van der Waals surface area contributed by atoms with Crippen LogP contribution < -0.4 is 5.63 Å². The maximum absolute atomic E-state index is 12.3. The lowest BCUT2D eigenvalue weighted by Crippen LogP contribution is -2.07. The second kappa shape index (κ2) is 6.45. The summed E-state index contributed by atoms with van der Waals surface area (Å²) in [4.78, 5) is 31.1. The Morgan fingerprint density at radius 2 is 2.00 bits per heavy atom. The van der Waals surface area contributed by atoms with Gasteiger partial charge < -0.3 is 14.5 Å². The van der Waals surface area contributed by atoms with Crippen molar-refractivity contribution in [2.75, 3.05) is 0 Å². The van der Waals surface area contributed by atoms with Gasteiger partial charge in [0.15, 0.2) is 11.5 Å². The number of aromatic nitrogens is 4. The fraction of sp³-hybridized carbons (Fsp3) is 0. The fourth-order valence-electron chi connectivity index (χ4n) is 2.46. The zero-order chi connectivity index (χ0) is 19.1. The number of nitro groups is 1. The number of hydrogen-bond acceptors (Lipinski definition) is 7. The minimum atomic E-state index is -0.694. The number of halogens is 2. The Balaban J connectivity index is 2.00. The molecule has 0 saturated heterocycles. The third kappa shape index (κ3) is 3.03. The average Bonchev–Trinajstić information content (AvgIpc) is 3.08. The van der Waals surface area contributed by atoms with E-state index in [2.05, 4.69) is 15.1 Å². The molecule has 0 saturated carbocycles. The SMILES string of the molecule is O=c1oc(-c2cc([N+](=O)[O-])nn2-c2ncccc2Cl)nc2ccc(Cl)cc12. The van der Waals surface area contributed by atoms with Gasteiger partial charge >= 0.3 is 11.4 Å². The summed E-state index contributed by atoms with van der Waals surface area (Å²) in [7, 11) is 0. The average molecular weight is 404 g/mol. The van der Waals surface area contributed by atoms with Gasteiger partial charge in [-0.1, -0.05) is 23.2 Å². The van der Waals surface area contributed by atoms with E-state index >= 15 is 0 Å². The molecule has 9 nitrogen and oxygen atoms in total. The van der Waals surface area contributed by atoms with Crippen LogP contribution in [-0.4, -0.2) is 24.7 Å². The van der Waals surface area contributed by atoms with Crippen LogP contribution in [0.5, 0.6) is 0 Å². The summed E-state index contributed by atoms with van der Waals surface area (Å²) in [6.45, 7) is 0. The molecule has 0 fully saturated rings. The molecule has 3 aromatic heterocycles. The van der Waals surface area contributed by atoms with Crippen LogP contribution in [0, 0.1) is 10.1 Å². The molecule has 4 rings (SSSR count). The highest BCUT2D eigenvalue weighted by Crippen LogP contribution is 2.28. The molecule has 0 aliphatic rings. The standard InChI is InChI=1S/C16H7Cl2N5O4/c17-8-3-4-11-9(6-8)16(24)27-15(20-11)12-7-13(23(25)26)21-22(12)14-10(18)2-1-5-19-14/h1-7H. The van der Waals surface area contributed by atoms with E-state index in [1.807, 2.05) is 0 Å². The summed E-state index contributed by atoms with van der Waals surface area (Å²) < 4.78 is 6.35. The first-order valence-corrected chi connectivity index (χ1v) is 8.16. The van der Waals surface area contributed by atoms with Crippen molar-refractivity contribution in [3.8, 4) is 17.4 Å². The number of rotatable bonds is 3. The summed E-state index contributed by atoms with van der Waals surface area (Å²) in [5.41, 5.74) is -0.329. The van der Waals surface area contributed by atoms with E-state index in [4.69, 9.17) is 27.6 Å². The predicted molar refractivity (Wildman–Crippen MR) is 97.3 cm³/mol. The summed E-state index contributed by atoms with van der Waals surface area (Å²) in [6.07, 6.45) is 1.45. The van der Waals surface area contributed by atoms with Crippen LogP contribution in [0.25, 0.3) is 28.3 Å². The molecule has 11 heteroatoms. The molecule has 4 aromatic rings. The maximum Gasteiger partial charge on any atom is 0.391 e. The molecule has 0 radical (unpaired) electrons. The smallest absolute Gasteiger partial charge is 0.391 e. The zero-order valence-corrected chi connectivity index (χ0v) is 14.7. The number of nitrogens with zero attached hydrogens (tertiary/aromatic N) is 5. The van der Waals surface area contributed by atoms with E-state index in [9.17, 15) is 14.9 Å². The van der Waals surface area contributed by atoms with Gasteiger partial charge in [0.25, 0.3) is 5.89 Å². The first kappa shape index (κ1) is 17.1. The summed E-state index contributed by atoms with van der Waals surface area (Å²) in [5.74, 6) is -0.521. The molecule has 1 aromatic carbocycles. The maximum atomic E-state index is 12.3. The number of benzene rings is 1. The highest BCUT2D eigenvalue weighted by Gasteiger charge is 2.26. The fourth-order valence-corrected chi connectivity index (χ4v) is 2.83. The molecule has 3 heterocycles. The van der Waals surface area contributed by atoms with Crippen LogP contribution in [0.3, 0.4) is 0 Å². The number of hydrogen-bond donors (Lipinski definition) is 0. The Kier molecular flexibility index (Phi) is 4.09. The van der Waals surface area contributed by atoms with E-state index in [1.54, 1.807) is 24.3 Å². The van der Waals surface area contributed by atoms with Gasteiger partial charge in [-0.15, -0.1) is 4.68 Å². The largest absolute Gasteiger partial charge is 0.401 e. The summed E-state index contributed by atoms with van der Waals surface area (Å²) in [5, 5.41) is 15.8. The van der Waals surface area contributed by atoms with Crippen LogP contribution >= 0.6 is 23.2 Å². The Hall–Kier alpha value is -3.30. The number of fused-ring (bicyclic) bond motifs is 1. The van der Waals surface area contributed by atoms with Gasteiger partial charge in [0.1, 0.15) is 0 Å². The molecule has 0 unspecified atom stereocenters. The van der Waals surface area contributed by atoms with Crippen molar-refractivity contribution in [2.24, 2.45) is 0 Å². The molecule has 0 N–H and O–H groups in total. The van der Waals surface area contributed by atoms with Crippen LogP contribution in [0.2, 0.25) is 10.0 Å². The molecule has 27 heavy (non-hydrogen) atoms. The van der Waals surface area contributed by atoms with Crippen molar-refractivity contribution in [3.63, 3.8) is 0 Å². The van der Waals surface area contributed by atoms with Gasteiger partial charge in [-0.3, -0.25) is 0 Å². The highest BCUT2D eigenvalue weighted by atomic mass is 35.5. The van der Waals surface area contributed by atoms with E-state index in [0.29, 0.717) is 10.5 Å². The lowest BCUT2D eigenvalue weighted by Gasteiger charge is -2.04. The first-order valence-electron chi connectivity index (χ1n) is 7.40. The number of pyridine rings is 1. The Morgan fingerprint density at radius 1 is 1.19 bits per heavy atom. The van der Waals surface area contributed by atoms with Gasteiger partial charge in [0, 0.05) is 11.2 Å². The van der Waals surface area contributed by atoms with E-state index in [-0.39, 0.29) is 27.8 Å². The quantitative estimate of drug-likeness (QED) is 0.378. The van der Waals surface area contributed by atoms with Crippen molar-refractivity contribution < 1.29 is 9.34 Å². The third-order valence-corrected chi connectivity index (χ3v) is 4.16. The van der Waals surface area contributed by atoms with Gasteiger partial charge in [0.05, 0.1) is 27.1 Å². The molecule has 0 aliphatic heterocycles. The Labute approximate surface area is 159 Å². The topological polar surface area (TPSA) is 117 Å². The molecular weight excluding hydrogens is 397 g/mol.